The summed E-state index contributed by atoms with van der Waals surface area (Å²) in [6.07, 6.45) is 1.52. The van der Waals surface area contributed by atoms with E-state index in [1.54, 1.807) is 20.8 Å². The van der Waals surface area contributed by atoms with Gasteiger partial charge in [0.15, 0.2) is 5.69 Å². The van der Waals surface area contributed by atoms with Gasteiger partial charge in [-0.2, -0.15) is 0 Å². The summed E-state index contributed by atoms with van der Waals surface area (Å²) in [6, 6.07) is 7.70. The van der Waals surface area contributed by atoms with E-state index in [2.05, 4.69) is 26.4 Å². The van der Waals surface area contributed by atoms with Gasteiger partial charge in [0, 0.05) is 24.9 Å². The van der Waals surface area contributed by atoms with Crippen molar-refractivity contribution in [2.24, 2.45) is 11.8 Å². The van der Waals surface area contributed by atoms with E-state index < -0.39 is 35.8 Å². The zero-order valence-corrected chi connectivity index (χ0v) is 21.2. The second-order valence-electron chi connectivity index (χ2n) is 9.53. The lowest BCUT2D eigenvalue weighted by Crippen LogP contribution is -2.57. The summed E-state index contributed by atoms with van der Waals surface area (Å²) in [4.78, 5) is 62.7. The van der Waals surface area contributed by atoms with Gasteiger partial charge in [-0.05, 0) is 31.2 Å². The van der Waals surface area contributed by atoms with Gasteiger partial charge < -0.3 is 30.6 Å². The van der Waals surface area contributed by atoms with Crippen LogP contribution in [0.1, 0.15) is 48.5 Å². The number of aromatic nitrogens is 1. The normalized spacial score (nSPS) is 17.4. The first-order valence-electron chi connectivity index (χ1n) is 12.3. The highest BCUT2D eigenvalue weighted by atomic mass is 16.5. The number of amides is 4. The van der Waals surface area contributed by atoms with Crippen LogP contribution < -0.4 is 21.3 Å². The highest BCUT2D eigenvalue weighted by Gasteiger charge is 2.32. The predicted octanol–water partition coefficient (Wildman–Crippen LogP) is 0.675. The first-order chi connectivity index (χ1) is 17.7. The van der Waals surface area contributed by atoms with Crippen LogP contribution in [0.25, 0.3) is 0 Å². The van der Waals surface area contributed by atoms with Crippen LogP contribution in [0, 0.1) is 18.8 Å². The molecule has 198 valence electrons. The van der Waals surface area contributed by atoms with Gasteiger partial charge in [0.2, 0.25) is 17.7 Å². The molecule has 37 heavy (non-hydrogen) atoms. The summed E-state index contributed by atoms with van der Waals surface area (Å²) in [7, 11) is 0. The monoisotopic (exact) mass is 511 g/mol. The lowest BCUT2D eigenvalue weighted by molar-refractivity contribution is -0.131. The molecule has 2 aromatic rings. The van der Waals surface area contributed by atoms with Crippen molar-refractivity contribution >= 4 is 29.9 Å². The molecule has 2 heterocycles. The van der Waals surface area contributed by atoms with Crippen molar-refractivity contribution in [1.29, 1.82) is 0 Å². The van der Waals surface area contributed by atoms with E-state index in [9.17, 15) is 24.0 Å². The largest absolute Gasteiger partial charge is 0.361 e. The predicted molar refractivity (Wildman–Crippen MR) is 133 cm³/mol. The molecule has 4 N–H and O–H groups in total. The highest BCUT2D eigenvalue weighted by molar-refractivity contribution is 5.97. The van der Waals surface area contributed by atoms with Gasteiger partial charge in [-0.1, -0.05) is 49.3 Å². The number of aldehydes is 1. The summed E-state index contributed by atoms with van der Waals surface area (Å²) < 4.78 is 4.93. The molecule has 4 atom stereocenters. The molecule has 1 aromatic carbocycles. The van der Waals surface area contributed by atoms with E-state index in [-0.39, 0.29) is 36.3 Å². The fraction of sp³-hybridized carbons (Fsp3) is 0.462. The molecule has 0 radical (unpaired) electrons. The molecular formula is C26H33N5O6. The minimum Gasteiger partial charge on any atom is -0.361 e. The van der Waals surface area contributed by atoms with Crippen molar-refractivity contribution in [3.63, 3.8) is 0 Å². The van der Waals surface area contributed by atoms with Crippen LogP contribution in [0.5, 0.6) is 0 Å². The number of hydrogen-bond donors (Lipinski definition) is 4. The lowest BCUT2D eigenvalue weighted by Gasteiger charge is -2.26. The molecule has 1 aliphatic heterocycles. The van der Waals surface area contributed by atoms with Crippen LogP contribution >= 0.6 is 0 Å². The number of rotatable bonds is 12. The highest BCUT2D eigenvalue weighted by Crippen LogP contribution is 2.16. The molecule has 1 aromatic heterocycles. The Morgan fingerprint density at radius 2 is 1.86 bits per heavy atom. The zero-order chi connectivity index (χ0) is 26.9. The third-order valence-electron chi connectivity index (χ3n) is 6.21. The quantitative estimate of drug-likeness (QED) is 0.305. The van der Waals surface area contributed by atoms with Crippen molar-refractivity contribution < 1.29 is 28.5 Å². The SMILES string of the molecule is Cc1cc(C(=O)NC(C(=O)N[C@@H](Cc2ccccc2)C(=O)N[C@H](C=O)C[C@@H]2CCNC2=O)C(C)C)no1. The van der Waals surface area contributed by atoms with E-state index in [0.717, 1.165) is 5.56 Å². The maximum Gasteiger partial charge on any atom is 0.274 e. The fourth-order valence-electron chi connectivity index (χ4n) is 4.15. The Hall–Kier alpha value is -4.02. The first kappa shape index (κ1) is 27.6. The van der Waals surface area contributed by atoms with E-state index in [1.165, 1.54) is 6.07 Å². The molecule has 1 fully saturated rings. The second kappa shape index (κ2) is 12.8. The third kappa shape index (κ3) is 7.73. The number of aryl methyl sites for hydroxylation is 1. The first-order valence-corrected chi connectivity index (χ1v) is 12.3. The number of hydrogen-bond acceptors (Lipinski definition) is 7. The van der Waals surface area contributed by atoms with E-state index in [1.807, 2.05) is 30.3 Å². The molecular weight excluding hydrogens is 478 g/mol. The molecule has 1 saturated heterocycles. The number of nitrogens with zero attached hydrogens (tertiary/aromatic N) is 1. The maximum atomic E-state index is 13.3. The Morgan fingerprint density at radius 3 is 2.43 bits per heavy atom. The van der Waals surface area contributed by atoms with Gasteiger partial charge in [-0.15, -0.1) is 0 Å². The number of carbonyl (C=O) groups excluding carboxylic acids is 5. The van der Waals surface area contributed by atoms with Crippen molar-refractivity contribution in [2.45, 2.75) is 58.2 Å². The molecule has 0 bridgehead atoms. The summed E-state index contributed by atoms with van der Waals surface area (Å²) >= 11 is 0. The van der Waals surface area contributed by atoms with Gasteiger partial charge in [0.1, 0.15) is 24.1 Å². The van der Waals surface area contributed by atoms with Crippen LogP contribution in [0.15, 0.2) is 40.9 Å². The minimum absolute atomic E-state index is 0.0410. The van der Waals surface area contributed by atoms with E-state index in [4.69, 9.17) is 4.52 Å². The summed E-state index contributed by atoms with van der Waals surface area (Å²) in [5.41, 5.74) is 0.836. The van der Waals surface area contributed by atoms with Crippen LogP contribution in [0.4, 0.5) is 0 Å². The van der Waals surface area contributed by atoms with Crippen molar-refractivity contribution in [1.82, 2.24) is 26.4 Å². The summed E-state index contributed by atoms with van der Waals surface area (Å²) in [5.74, 6) is -2.06. The Bertz CT molecular complexity index is 1120. The van der Waals surface area contributed by atoms with Crippen LogP contribution in [0.2, 0.25) is 0 Å². The molecule has 11 heteroatoms. The molecule has 1 unspecified atom stereocenters. The van der Waals surface area contributed by atoms with Crippen molar-refractivity contribution in [2.75, 3.05) is 6.54 Å². The van der Waals surface area contributed by atoms with E-state index >= 15 is 0 Å². The maximum absolute atomic E-state index is 13.3. The number of benzene rings is 1. The van der Waals surface area contributed by atoms with Gasteiger partial charge in [0.25, 0.3) is 5.91 Å². The summed E-state index contributed by atoms with van der Waals surface area (Å²) in [6.45, 7) is 5.71. The fourth-order valence-corrected chi connectivity index (χ4v) is 4.15. The Kier molecular flexibility index (Phi) is 9.53. The molecule has 3 rings (SSSR count). The van der Waals surface area contributed by atoms with Crippen LogP contribution in [-0.2, 0) is 25.6 Å². The molecule has 0 aliphatic carbocycles. The van der Waals surface area contributed by atoms with Crippen LogP contribution in [0.3, 0.4) is 0 Å². The second-order valence-corrected chi connectivity index (χ2v) is 9.53. The van der Waals surface area contributed by atoms with Crippen LogP contribution in [-0.4, -0.2) is 59.7 Å². The van der Waals surface area contributed by atoms with E-state index in [0.29, 0.717) is 25.0 Å². The Morgan fingerprint density at radius 1 is 1.14 bits per heavy atom. The molecule has 4 amide bonds. The molecule has 1 aliphatic rings. The topological polar surface area (TPSA) is 160 Å². The standard InChI is InChI=1S/C26H33N5O6/c1-15(2)22(30-25(35)21-11-16(3)37-31-21)26(36)29-20(12-17-7-5-4-6-8-17)24(34)28-19(14-32)13-18-9-10-27-23(18)33/h4-8,11,14-15,18-20,22H,9-10,12-13H2,1-3H3,(H,27,33)(H,28,34)(H,29,36)(H,30,35)/t18-,19-,20-,22?/m0/s1. The van der Waals surface area contributed by atoms with Gasteiger partial charge >= 0.3 is 0 Å². The molecule has 11 nitrogen and oxygen atoms in total. The van der Waals surface area contributed by atoms with Crippen molar-refractivity contribution in [3.05, 3.63) is 53.4 Å². The number of nitrogens with one attached hydrogen (secondary N) is 4. The Labute approximate surface area is 215 Å². The van der Waals surface area contributed by atoms with Crippen molar-refractivity contribution in [3.8, 4) is 0 Å². The zero-order valence-electron chi connectivity index (χ0n) is 21.2. The lowest BCUT2D eigenvalue weighted by atomic mass is 9.98. The van der Waals surface area contributed by atoms with Gasteiger partial charge in [-0.3, -0.25) is 19.2 Å². The molecule has 0 saturated carbocycles. The smallest absolute Gasteiger partial charge is 0.274 e. The average Bonchev–Trinajstić information content (AvgIpc) is 3.49. The van der Waals surface area contributed by atoms with Gasteiger partial charge in [0.05, 0.1) is 6.04 Å². The Balaban J connectivity index is 1.73. The number of carbonyl (C=O) groups is 5. The summed E-state index contributed by atoms with van der Waals surface area (Å²) in [5, 5.41) is 14.4. The average molecular weight is 512 g/mol. The minimum atomic E-state index is -1.03. The van der Waals surface area contributed by atoms with Gasteiger partial charge in [-0.25, -0.2) is 0 Å². The third-order valence-corrected chi connectivity index (χ3v) is 6.21. The molecule has 0 spiro atoms.